The number of benzene rings is 1. The number of nitrogens with one attached hydrogen (secondary N) is 1. The molecule has 3 heteroatoms. The number of fused-ring (bicyclic) bond motifs is 2. The second-order valence-electron chi connectivity index (χ2n) is 3.21. The van der Waals surface area contributed by atoms with Crippen molar-refractivity contribution in [2.75, 3.05) is 5.32 Å². The summed E-state index contributed by atoms with van der Waals surface area (Å²) in [6.45, 7) is 0.843. The monoisotopic (exact) mass is 203 g/mol. The highest BCUT2D eigenvalue weighted by atomic mass is 32.2. The van der Waals surface area contributed by atoms with Gasteiger partial charge in [-0.3, -0.25) is 0 Å². The minimum atomic E-state index is 0.843. The van der Waals surface area contributed by atoms with Crippen LogP contribution in [0.4, 0.5) is 5.69 Å². The lowest BCUT2D eigenvalue weighted by Gasteiger charge is -2.04. The van der Waals surface area contributed by atoms with Gasteiger partial charge in [0.2, 0.25) is 0 Å². The van der Waals surface area contributed by atoms with Gasteiger partial charge in [-0.2, -0.15) is 0 Å². The molecule has 1 aliphatic rings. The molecule has 2 nitrogen and oxygen atoms in total. The molecule has 3 rings (SSSR count). The van der Waals surface area contributed by atoms with Gasteiger partial charge in [0.15, 0.2) is 0 Å². The van der Waals surface area contributed by atoms with Gasteiger partial charge in [0, 0.05) is 22.7 Å². The molecule has 0 atom stereocenters. The topological polar surface area (TPSA) is 25.2 Å². The van der Waals surface area contributed by atoms with Crippen LogP contribution >= 0.6 is 11.8 Å². The van der Waals surface area contributed by atoms with Crippen molar-refractivity contribution in [2.24, 2.45) is 0 Å². The molecule has 1 aromatic heterocycles. The van der Waals surface area contributed by atoms with Gasteiger partial charge in [-0.25, -0.2) is 0 Å². The van der Waals surface area contributed by atoms with Crippen molar-refractivity contribution in [2.45, 2.75) is 16.3 Å². The molecule has 0 amide bonds. The van der Waals surface area contributed by atoms with E-state index in [9.17, 15) is 0 Å². The maximum Gasteiger partial charge on any atom is 0.105 e. The van der Waals surface area contributed by atoms with Gasteiger partial charge in [0.1, 0.15) is 6.26 Å². The molecule has 1 aromatic carbocycles. The van der Waals surface area contributed by atoms with Gasteiger partial charge >= 0.3 is 0 Å². The first kappa shape index (κ1) is 8.00. The van der Waals surface area contributed by atoms with Crippen molar-refractivity contribution >= 4 is 17.4 Å². The summed E-state index contributed by atoms with van der Waals surface area (Å²) in [5.74, 6) is 0. The van der Waals surface area contributed by atoms with Gasteiger partial charge < -0.3 is 9.73 Å². The van der Waals surface area contributed by atoms with E-state index in [-0.39, 0.29) is 0 Å². The molecule has 70 valence electrons. The van der Waals surface area contributed by atoms with Gasteiger partial charge in [-0.15, -0.1) is 0 Å². The van der Waals surface area contributed by atoms with Crippen LogP contribution in [-0.4, -0.2) is 0 Å². The molecule has 0 saturated carbocycles. The molecule has 1 N–H and O–H groups in total. The van der Waals surface area contributed by atoms with Gasteiger partial charge in [-0.1, -0.05) is 23.9 Å². The zero-order valence-corrected chi connectivity index (χ0v) is 8.30. The van der Waals surface area contributed by atoms with Gasteiger partial charge in [-0.05, 0) is 12.1 Å². The molecular weight excluding hydrogens is 194 g/mol. The molecule has 0 radical (unpaired) electrons. The molecule has 1 aliphatic heterocycles. The van der Waals surface area contributed by atoms with Crippen LogP contribution in [0.2, 0.25) is 0 Å². The van der Waals surface area contributed by atoms with Crippen molar-refractivity contribution < 1.29 is 4.42 Å². The van der Waals surface area contributed by atoms with E-state index >= 15 is 0 Å². The van der Waals surface area contributed by atoms with Crippen LogP contribution < -0.4 is 5.32 Å². The van der Waals surface area contributed by atoms with E-state index < -0.39 is 0 Å². The predicted molar refractivity (Wildman–Crippen MR) is 56.6 cm³/mol. The highest BCUT2D eigenvalue weighted by Crippen LogP contribution is 2.38. The Morgan fingerprint density at radius 2 is 2.07 bits per heavy atom. The van der Waals surface area contributed by atoms with E-state index in [1.165, 1.54) is 21.0 Å². The van der Waals surface area contributed by atoms with E-state index in [1.807, 2.05) is 12.3 Å². The van der Waals surface area contributed by atoms with Crippen molar-refractivity contribution in [3.8, 4) is 0 Å². The lowest BCUT2D eigenvalue weighted by molar-refractivity contribution is 0.560. The summed E-state index contributed by atoms with van der Waals surface area (Å²) >= 11 is 1.75. The normalized spacial score (nSPS) is 13.7. The van der Waals surface area contributed by atoms with Crippen molar-refractivity contribution in [1.82, 2.24) is 0 Å². The van der Waals surface area contributed by atoms with Crippen molar-refractivity contribution in [3.05, 3.63) is 42.4 Å². The van der Waals surface area contributed by atoms with E-state index in [0.717, 1.165) is 6.54 Å². The first-order valence-electron chi connectivity index (χ1n) is 4.49. The molecule has 0 fully saturated rings. The van der Waals surface area contributed by atoms with Crippen LogP contribution in [-0.2, 0) is 6.54 Å². The predicted octanol–water partition coefficient (Wildman–Crippen LogP) is 3.36. The molecule has 0 aliphatic carbocycles. The molecular formula is C11H9NOS. The zero-order valence-electron chi connectivity index (χ0n) is 7.49. The SMILES string of the molecule is c1ccc2c(c1)NCc1cocc1S2. The largest absolute Gasteiger partial charge is 0.471 e. The Morgan fingerprint density at radius 3 is 3.07 bits per heavy atom. The standard InChI is InChI=1S/C11H9NOS/c1-2-4-10-9(3-1)12-5-8-6-13-7-11(8)14-10/h1-4,6-7,12H,5H2. The van der Waals surface area contributed by atoms with Crippen LogP contribution in [0, 0.1) is 0 Å². The van der Waals surface area contributed by atoms with Crippen molar-refractivity contribution in [3.63, 3.8) is 0 Å². The molecule has 0 saturated heterocycles. The van der Waals surface area contributed by atoms with Crippen LogP contribution in [0.3, 0.4) is 0 Å². The fourth-order valence-electron chi connectivity index (χ4n) is 1.54. The highest BCUT2D eigenvalue weighted by molar-refractivity contribution is 7.99. The third-order valence-corrected chi connectivity index (χ3v) is 3.43. The third-order valence-electron chi connectivity index (χ3n) is 2.28. The average Bonchev–Trinajstić information content (AvgIpc) is 2.58. The number of hydrogen-bond acceptors (Lipinski definition) is 3. The Morgan fingerprint density at radius 1 is 1.14 bits per heavy atom. The van der Waals surface area contributed by atoms with E-state index in [1.54, 1.807) is 18.0 Å². The minimum absolute atomic E-state index is 0.843. The number of para-hydroxylation sites is 1. The summed E-state index contributed by atoms with van der Waals surface area (Å²) in [5, 5.41) is 3.39. The summed E-state index contributed by atoms with van der Waals surface area (Å²) < 4.78 is 5.18. The van der Waals surface area contributed by atoms with Crippen molar-refractivity contribution in [1.29, 1.82) is 0 Å². The molecule has 0 spiro atoms. The smallest absolute Gasteiger partial charge is 0.105 e. The second kappa shape index (κ2) is 3.10. The summed E-state index contributed by atoms with van der Waals surface area (Å²) in [6, 6.07) is 8.33. The molecule has 0 unspecified atom stereocenters. The van der Waals surface area contributed by atoms with Gasteiger partial charge in [0.05, 0.1) is 11.2 Å². The van der Waals surface area contributed by atoms with E-state index in [0.29, 0.717) is 0 Å². The molecule has 2 aromatic rings. The number of furan rings is 1. The first-order valence-corrected chi connectivity index (χ1v) is 5.31. The summed E-state index contributed by atoms with van der Waals surface area (Å²) in [7, 11) is 0. The van der Waals surface area contributed by atoms with E-state index in [4.69, 9.17) is 4.42 Å². The third kappa shape index (κ3) is 1.21. The highest BCUT2D eigenvalue weighted by Gasteiger charge is 2.13. The van der Waals surface area contributed by atoms with Crippen LogP contribution in [0.5, 0.6) is 0 Å². The summed E-state index contributed by atoms with van der Waals surface area (Å²) in [5.41, 5.74) is 2.43. The zero-order chi connectivity index (χ0) is 9.38. The maximum atomic E-state index is 5.18. The first-order chi connectivity index (χ1) is 6.93. The Bertz CT molecular complexity index is 464. The Labute approximate surface area is 86.3 Å². The number of rotatable bonds is 0. The summed E-state index contributed by atoms with van der Waals surface area (Å²) in [6.07, 6.45) is 3.62. The average molecular weight is 203 g/mol. The number of hydrogen-bond donors (Lipinski definition) is 1. The van der Waals surface area contributed by atoms with Crippen LogP contribution in [0.25, 0.3) is 0 Å². The van der Waals surface area contributed by atoms with Gasteiger partial charge in [0.25, 0.3) is 0 Å². The molecule has 0 bridgehead atoms. The fourth-order valence-corrected chi connectivity index (χ4v) is 2.53. The Balaban J connectivity index is 2.10. The fraction of sp³-hybridized carbons (Fsp3) is 0.0909. The Kier molecular flexibility index (Phi) is 1.77. The molecule has 14 heavy (non-hydrogen) atoms. The Hall–Kier alpha value is -1.35. The van der Waals surface area contributed by atoms with Crippen LogP contribution in [0.15, 0.2) is 51.0 Å². The summed E-state index contributed by atoms with van der Waals surface area (Å²) in [4.78, 5) is 2.47. The lowest BCUT2D eigenvalue weighted by atomic mass is 10.3. The van der Waals surface area contributed by atoms with Crippen LogP contribution in [0.1, 0.15) is 5.56 Å². The minimum Gasteiger partial charge on any atom is -0.471 e. The number of anilines is 1. The maximum absolute atomic E-state index is 5.18. The molecule has 2 heterocycles. The lowest BCUT2D eigenvalue weighted by Crippen LogP contribution is -1.96. The quantitative estimate of drug-likeness (QED) is 0.710. The van der Waals surface area contributed by atoms with E-state index in [2.05, 4.69) is 23.5 Å². The second-order valence-corrected chi connectivity index (χ2v) is 4.30.